The lowest BCUT2D eigenvalue weighted by atomic mass is 9.95. The predicted octanol–water partition coefficient (Wildman–Crippen LogP) is 3.32. The normalized spacial score (nSPS) is 15.3. The highest BCUT2D eigenvalue weighted by molar-refractivity contribution is 5.90. The topological polar surface area (TPSA) is 84.4 Å². The summed E-state index contributed by atoms with van der Waals surface area (Å²) in [4.78, 5) is 23.9. The van der Waals surface area contributed by atoms with Crippen molar-refractivity contribution in [3.63, 3.8) is 0 Å². The fraction of sp³-hybridized carbons (Fsp3) is 0.476. The summed E-state index contributed by atoms with van der Waals surface area (Å²) in [7, 11) is 0. The zero-order valence-electron chi connectivity index (χ0n) is 16.6. The predicted molar refractivity (Wildman–Crippen MR) is 106 cm³/mol. The third-order valence-electron chi connectivity index (χ3n) is 5.54. The quantitative estimate of drug-likeness (QED) is 0.729. The number of aromatic nitrogens is 2. The van der Waals surface area contributed by atoms with Crippen LogP contribution in [0.3, 0.4) is 0 Å². The van der Waals surface area contributed by atoms with E-state index in [9.17, 15) is 4.79 Å². The van der Waals surface area contributed by atoms with Crippen molar-refractivity contribution in [3.8, 4) is 0 Å². The van der Waals surface area contributed by atoms with E-state index in [1.54, 1.807) is 6.26 Å². The van der Waals surface area contributed by atoms with Gasteiger partial charge in [-0.2, -0.15) is 4.98 Å². The summed E-state index contributed by atoms with van der Waals surface area (Å²) in [6.07, 6.45) is 4.00. The van der Waals surface area contributed by atoms with Gasteiger partial charge in [-0.3, -0.25) is 4.79 Å². The molecular weight excluding hydrogens is 356 g/mol. The molecule has 1 aliphatic rings. The van der Waals surface area contributed by atoms with Crippen LogP contribution >= 0.6 is 0 Å². The Morgan fingerprint density at radius 2 is 2.04 bits per heavy atom. The van der Waals surface area contributed by atoms with E-state index in [0.29, 0.717) is 18.1 Å². The SMILES string of the molecule is Cc1nc(N2CCC(C(=O)NCCc3ccco3)CC2)c2c(C)c(C)oc2n1. The second kappa shape index (κ2) is 7.66. The third-order valence-corrected chi connectivity index (χ3v) is 5.54. The zero-order chi connectivity index (χ0) is 19.7. The molecule has 28 heavy (non-hydrogen) atoms. The van der Waals surface area contributed by atoms with Crippen molar-refractivity contribution in [3.05, 3.63) is 41.3 Å². The highest BCUT2D eigenvalue weighted by atomic mass is 16.3. The molecule has 1 saturated heterocycles. The van der Waals surface area contributed by atoms with Crippen molar-refractivity contribution >= 4 is 22.8 Å². The smallest absolute Gasteiger partial charge is 0.231 e. The molecule has 3 aromatic rings. The molecule has 4 heterocycles. The summed E-state index contributed by atoms with van der Waals surface area (Å²) in [5.74, 6) is 3.57. The summed E-state index contributed by atoms with van der Waals surface area (Å²) < 4.78 is 11.1. The van der Waals surface area contributed by atoms with Crippen LogP contribution in [0.1, 0.15) is 35.7 Å². The summed E-state index contributed by atoms with van der Waals surface area (Å²) >= 11 is 0. The van der Waals surface area contributed by atoms with Gasteiger partial charge in [0.05, 0.1) is 11.6 Å². The van der Waals surface area contributed by atoms with Crippen LogP contribution in [0.15, 0.2) is 27.2 Å². The van der Waals surface area contributed by atoms with Crippen LogP contribution in [-0.2, 0) is 11.2 Å². The van der Waals surface area contributed by atoms with Gasteiger partial charge in [-0.05, 0) is 45.7 Å². The molecule has 0 atom stereocenters. The second-order valence-electron chi connectivity index (χ2n) is 7.44. The molecule has 7 heteroatoms. The Morgan fingerprint density at radius 1 is 1.25 bits per heavy atom. The largest absolute Gasteiger partial charge is 0.469 e. The molecule has 0 unspecified atom stereocenters. The summed E-state index contributed by atoms with van der Waals surface area (Å²) in [5, 5.41) is 4.03. The lowest BCUT2D eigenvalue weighted by Crippen LogP contribution is -2.41. The van der Waals surface area contributed by atoms with E-state index in [-0.39, 0.29) is 11.8 Å². The number of hydrogen-bond donors (Lipinski definition) is 1. The van der Waals surface area contributed by atoms with Crippen LogP contribution in [0.2, 0.25) is 0 Å². The van der Waals surface area contributed by atoms with Gasteiger partial charge in [0, 0.05) is 37.5 Å². The number of carbonyl (C=O) groups excluding carboxylic acids is 1. The number of furan rings is 2. The first-order valence-electron chi connectivity index (χ1n) is 9.82. The van der Waals surface area contributed by atoms with E-state index < -0.39 is 0 Å². The molecule has 0 saturated carbocycles. The molecule has 0 aliphatic carbocycles. The van der Waals surface area contributed by atoms with Gasteiger partial charge in [0.1, 0.15) is 23.2 Å². The molecule has 148 valence electrons. The van der Waals surface area contributed by atoms with Crippen LogP contribution in [0.25, 0.3) is 11.1 Å². The van der Waals surface area contributed by atoms with E-state index >= 15 is 0 Å². The average molecular weight is 382 g/mol. The number of nitrogens with zero attached hydrogens (tertiary/aromatic N) is 3. The molecule has 4 rings (SSSR count). The average Bonchev–Trinajstić information content (AvgIpc) is 3.29. The van der Waals surface area contributed by atoms with Gasteiger partial charge in [-0.15, -0.1) is 0 Å². The van der Waals surface area contributed by atoms with Crippen molar-refractivity contribution < 1.29 is 13.6 Å². The minimum atomic E-state index is 0.0402. The van der Waals surface area contributed by atoms with Crippen molar-refractivity contribution in [2.45, 2.75) is 40.0 Å². The lowest BCUT2D eigenvalue weighted by molar-refractivity contribution is -0.125. The van der Waals surface area contributed by atoms with Crippen LogP contribution in [0, 0.1) is 26.7 Å². The van der Waals surface area contributed by atoms with Crippen molar-refractivity contribution in [2.24, 2.45) is 5.92 Å². The monoisotopic (exact) mass is 382 g/mol. The maximum atomic E-state index is 12.5. The summed E-state index contributed by atoms with van der Waals surface area (Å²) in [6, 6.07) is 3.79. The van der Waals surface area contributed by atoms with Gasteiger partial charge in [0.15, 0.2) is 0 Å². The highest BCUT2D eigenvalue weighted by Gasteiger charge is 2.28. The molecule has 1 fully saturated rings. The van der Waals surface area contributed by atoms with E-state index in [4.69, 9.17) is 13.8 Å². The fourth-order valence-corrected chi connectivity index (χ4v) is 3.82. The first kappa shape index (κ1) is 18.5. The van der Waals surface area contributed by atoms with E-state index in [1.807, 2.05) is 32.9 Å². The van der Waals surface area contributed by atoms with E-state index in [0.717, 1.165) is 60.6 Å². The minimum Gasteiger partial charge on any atom is -0.469 e. The number of fused-ring (bicyclic) bond motifs is 1. The van der Waals surface area contributed by atoms with Gasteiger partial charge in [0.2, 0.25) is 11.6 Å². The van der Waals surface area contributed by atoms with Crippen molar-refractivity contribution in [1.82, 2.24) is 15.3 Å². The Kier molecular flexibility index (Phi) is 5.07. The number of rotatable bonds is 5. The number of piperidine rings is 1. The minimum absolute atomic E-state index is 0.0402. The molecule has 0 bridgehead atoms. The third kappa shape index (κ3) is 3.61. The number of nitrogens with one attached hydrogen (secondary N) is 1. The Balaban J connectivity index is 1.39. The summed E-state index contributed by atoms with van der Waals surface area (Å²) in [6.45, 7) is 8.08. The molecule has 0 spiro atoms. The Hall–Kier alpha value is -2.83. The van der Waals surface area contributed by atoms with Gasteiger partial charge in [-0.25, -0.2) is 4.98 Å². The van der Waals surface area contributed by atoms with Gasteiger partial charge in [-0.1, -0.05) is 0 Å². The molecule has 0 radical (unpaired) electrons. The van der Waals surface area contributed by atoms with Crippen molar-refractivity contribution in [1.29, 1.82) is 0 Å². The highest BCUT2D eigenvalue weighted by Crippen LogP contribution is 2.33. The Morgan fingerprint density at radius 3 is 2.75 bits per heavy atom. The van der Waals surface area contributed by atoms with Gasteiger partial charge >= 0.3 is 0 Å². The molecule has 1 amide bonds. The maximum absolute atomic E-state index is 12.5. The maximum Gasteiger partial charge on any atom is 0.231 e. The lowest BCUT2D eigenvalue weighted by Gasteiger charge is -2.32. The van der Waals surface area contributed by atoms with Crippen LogP contribution in [0.4, 0.5) is 5.82 Å². The molecule has 0 aromatic carbocycles. The number of amides is 1. The molecule has 3 aromatic heterocycles. The van der Waals surface area contributed by atoms with E-state index in [1.165, 1.54) is 0 Å². The molecule has 1 aliphatic heterocycles. The first-order chi connectivity index (χ1) is 13.5. The van der Waals surface area contributed by atoms with Crippen LogP contribution < -0.4 is 10.2 Å². The van der Waals surface area contributed by atoms with E-state index in [2.05, 4.69) is 15.2 Å². The Labute approximate surface area is 164 Å². The molecule has 7 nitrogen and oxygen atoms in total. The molecule has 1 N–H and O–H groups in total. The number of hydrogen-bond acceptors (Lipinski definition) is 6. The van der Waals surface area contributed by atoms with Gasteiger partial charge in [0.25, 0.3) is 0 Å². The van der Waals surface area contributed by atoms with Gasteiger partial charge < -0.3 is 19.1 Å². The second-order valence-corrected chi connectivity index (χ2v) is 7.44. The number of anilines is 1. The fourth-order valence-electron chi connectivity index (χ4n) is 3.82. The summed E-state index contributed by atoms with van der Waals surface area (Å²) in [5.41, 5.74) is 1.73. The Bertz CT molecular complexity index is 969. The number of carbonyl (C=O) groups is 1. The standard InChI is InChI=1S/C21H26N4O3/c1-13-14(2)28-21-18(13)19(23-15(3)24-21)25-10-7-16(8-11-25)20(26)22-9-6-17-5-4-12-27-17/h4-5,12,16H,6-11H2,1-3H3,(H,22,26). The van der Waals surface area contributed by atoms with Crippen LogP contribution in [0.5, 0.6) is 0 Å². The van der Waals surface area contributed by atoms with Crippen LogP contribution in [-0.4, -0.2) is 35.5 Å². The first-order valence-corrected chi connectivity index (χ1v) is 9.82. The molecular formula is C21H26N4O3. The zero-order valence-corrected chi connectivity index (χ0v) is 16.6. The van der Waals surface area contributed by atoms with Crippen molar-refractivity contribution in [2.75, 3.05) is 24.5 Å². The number of aryl methyl sites for hydroxylation is 3.